The van der Waals surface area contributed by atoms with Crippen molar-refractivity contribution in [1.29, 1.82) is 0 Å². The number of carbonyl (C=O) groups is 1. The summed E-state index contributed by atoms with van der Waals surface area (Å²) in [5.74, 6) is -0.692. The van der Waals surface area contributed by atoms with Crippen LogP contribution in [0.4, 0.5) is 0 Å². The van der Waals surface area contributed by atoms with Crippen LogP contribution in [0.25, 0.3) is 0 Å². The molecule has 3 nitrogen and oxygen atoms in total. The topological polar surface area (TPSA) is 40.5 Å². The van der Waals surface area contributed by atoms with E-state index in [1.165, 1.54) is 5.56 Å². The first-order chi connectivity index (χ1) is 7.01. The Morgan fingerprint density at radius 2 is 2.40 bits per heavy atom. The molecule has 2 rings (SSSR count). The molecule has 0 aliphatic carbocycles. The molecule has 15 heavy (non-hydrogen) atoms. The third-order valence-electron chi connectivity index (χ3n) is 2.75. The van der Waals surface area contributed by atoms with Crippen LogP contribution in [-0.4, -0.2) is 29.1 Å². The van der Waals surface area contributed by atoms with Gasteiger partial charge in [-0.05, 0) is 39.9 Å². The number of hydrogen-bond donors (Lipinski definition) is 1. The molecular formula is C10H12BrNO2S. The number of halogens is 1. The molecule has 1 aromatic rings. The van der Waals surface area contributed by atoms with Gasteiger partial charge in [0.15, 0.2) is 0 Å². The predicted molar refractivity (Wildman–Crippen MR) is 63.0 cm³/mol. The highest BCUT2D eigenvalue weighted by Crippen LogP contribution is 2.33. The zero-order chi connectivity index (χ0) is 11.1. The third-order valence-corrected chi connectivity index (χ3v) is 4.56. The fourth-order valence-electron chi connectivity index (χ4n) is 1.86. The van der Waals surface area contributed by atoms with Crippen molar-refractivity contribution in [2.75, 3.05) is 13.1 Å². The number of aliphatic carboxylic acids is 1. The van der Waals surface area contributed by atoms with E-state index in [4.69, 9.17) is 5.11 Å². The molecule has 1 aliphatic rings. The Kier molecular flexibility index (Phi) is 2.87. The first-order valence-electron chi connectivity index (χ1n) is 4.69. The summed E-state index contributed by atoms with van der Waals surface area (Å²) in [5.41, 5.74) is 0.704. The van der Waals surface area contributed by atoms with E-state index in [2.05, 4.69) is 26.9 Å². The maximum Gasteiger partial charge on any atom is 0.311 e. The predicted octanol–water partition coefficient (Wildman–Crippen LogP) is 2.42. The van der Waals surface area contributed by atoms with E-state index < -0.39 is 11.4 Å². The Hall–Kier alpha value is -0.390. The van der Waals surface area contributed by atoms with Crippen LogP contribution >= 0.6 is 27.3 Å². The molecule has 0 aromatic carbocycles. The highest BCUT2D eigenvalue weighted by molar-refractivity contribution is 9.11. The summed E-state index contributed by atoms with van der Waals surface area (Å²) in [6, 6.07) is 2.07. The Bertz CT molecular complexity index is 385. The lowest BCUT2D eigenvalue weighted by Gasteiger charge is -2.44. The second kappa shape index (κ2) is 3.88. The van der Waals surface area contributed by atoms with Crippen LogP contribution in [0.5, 0.6) is 0 Å². The molecule has 1 saturated heterocycles. The quantitative estimate of drug-likeness (QED) is 0.929. The van der Waals surface area contributed by atoms with Crippen molar-refractivity contribution in [1.82, 2.24) is 4.90 Å². The summed E-state index contributed by atoms with van der Waals surface area (Å²) in [6.07, 6.45) is 0. The van der Waals surface area contributed by atoms with E-state index in [-0.39, 0.29) is 0 Å². The van der Waals surface area contributed by atoms with Gasteiger partial charge < -0.3 is 5.11 Å². The molecule has 5 heteroatoms. The Morgan fingerprint density at radius 3 is 2.87 bits per heavy atom. The summed E-state index contributed by atoms with van der Waals surface area (Å²) >= 11 is 5.14. The van der Waals surface area contributed by atoms with Gasteiger partial charge in [-0.1, -0.05) is 0 Å². The largest absolute Gasteiger partial charge is 0.481 e. The van der Waals surface area contributed by atoms with Gasteiger partial charge in [-0.25, -0.2) is 0 Å². The number of likely N-dealkylation sites (tertiary alicyclic amines) is 1. The molecule has 82 valence electrons. The summed E-state index contributed by atoms with van der Waals surface area (Å²) in [4.78, 5) is 13.0. The third kappa shape index (κ3) is 2.09. The zero-order valence-electron chi connectivity index (χ0n) is 8.36. The van der Waals surface area contributed by atoms with Gasteiger partial charge in [0.25, 0.3) is 0 Å². The SMILES string of the molecule is CC1(C(=O)O)CN(Cc2ccsc2Br)C1. The van der Waals surface area contributed by atoms with E-state index >= 15 is 0 Å². The van der Waals surface area contributed by atoms with Gasteiger partial charge in [0.1, 0.15) is 0 Å². The average molecular weight is 290 g/mol. The van der Waals surface area contributed by atoms with E-state index in [0.29, 0.717) is 13.1 Å². The smallest absolute Gasteiger partial charge is 0.311 e. The molecule has 1 aliphatic heterocycles. The molecule has 1 fully saturated rings. The number of carboxylic acid groups (broad SMARTS) is 1. The monoisotopic (exact) mass is 289 g/mol. The molecule has 1 N–H and O–H groups in total. The minimum Gasteiger partial charge on any atom is -0.481 e. The van der Waals surface area contributed by atoms with Gasteiger partial charge in [0.2, 0.25) is 0 Å². The second-order valence-electron chi connectivity index (χ2n) is 4.23. The van der Waals surface area contributed by atoms with Crippen molar-refractivity contribution in [3.05, 3.63) is 20.8 Å². The molecule has 1 aromatic heterocycles. The highest BCUT2D eigenvalue weighted by Gasteiger charge is 2.45. The van der Waals surface area contributed by atoms with Crippen LogP contribution in [0, 0.1) is 5.41 Å². The van der Waals surface area contributed by atoms with Crippen molar-refractivity contribution < 1.29 is 9.90 Å². The normalized spacial score (nSPS) is 19.9. The average Bonchev–Trinajstić information content (AvgIpc) is 2.48. The number of thiophene rings is 1. The van der Waals surface area contributed by atoms with Crippen LogP contribution in [0.3, 0.4) is 0 Å². The summed E-state index contributed by atoms with van der Waals surface area (Å²) in [7, 11) is 0. The van der Waals surface area contributed by atoms with E-state index in [1.807, 2.05) is 5.38 Å². The molecule has 0 atom stereocenters. The fourth-order valence-corrected chi connectivity index (χ4v) is 3.08. The van der Waals surface area contributed by atoms with Crippen LogP contribution in [-0.2, 0) is 11.3 Å². The van der Waals surface area contributed by atoms with Crippen molar-refractivity contribution in [3.8, 4) is 0 Å². The van der Waals surface area contributed by atoms with Gasteiger partial charge in [0, 0.05) is 19.6 Å². The van der Waals surface area contributed by atoms with E-state index in [0.717, 1.165) is 10.3 Å². The summed E-state index contributed by atoms with van der Waals surface area (Å²) in [6.45, 7) is 3.93. The summed E-state index contributed by atoms with van der Waals surface area (Å²) in [5, 5.41) is 11.0. The lowest BCUT2D eigenvalue weighted by Crippen LogP contribution is -2.58. The molecule has 0 spiro atoms. The minimum absolute atomic E-state index is 0.539. The maximum atomic E-state index is 10.9. The first kappa shape index (κ1) is 11.1. The zero-order valence-corrected chi connectivity index (χ0v) is 10.8. The van der Waals surface area contributed by atoms with Gasteiger partial charge in [-0.3, -0.25) is 9.69 Å². The molecule has 0 saturated carbocycles. The lowest BCUT2D eigenvalue weighted by atomic mass is 9.82. The molecule has 0 unspecified atom stereocenters. The van der Waals surface area contributed by atoms with Crippen molar-refractivity contribution in [2.45, 2.75) is 13.5 Å². The Morgan fingerprint density at radius 1 is 1.73 bits per heavy atom. The molecule has 0 bridgehead atoms. The van der Waals surface area contributed by atoms with E-state index in [9.17, 15) is 4.79 Å². The Balaban J connectivity index is 1.92. The van der Waals surface area contributed by atoms with Crippen LogP contribution in [0.2, 0.25) is 0 Å². The van der Waals surface area contributed by atoms with Gasteiger partial charge in [-0.15, -0.1) is 11.3 Å². The maximum absolute atomic E-state index is 10.9. The minimum atomic E-state index is -0.692. The molecule has 0 amide bonds. The van der Waals surface area contributed by atoms with Crippen LogP contribution in [0.1, 0.15) is 12.5 Å². The van der Waals surface area contributed by atoms with Crippen LogP contribution < -0.4 is 0 Å². The van der Waals surface area contributed by atoms with Gasteiger partial charge in [-0.2, -0.15) is 0 Å². The lowest BCUT2D eigenvalue weighted by molar-refractivity contribution is -0.158. The Labute approximate surface area is 101 Å². The van der Waals surface area contributed by atoms with Crippen LogP contribution in [0.15, 0.2) is 15.2 Å². The standard InChI is InChI=1S/C10H12BrNO2S/c1-10(9(13)14)5-12(6-10)4-7-2-3-15-8(7)11/h2-3H,4-6H2,1H3,(H,13,14). The summed E-state index contributed by atoms with van der Waals surface area (Å²) < 4.78 is 1.14. The molecule has 0 radical (unpaired) electrons. The highest BCUT2D eigenvalue weighted by atomic mass is 79.9. The van der Waals surface area contributed by atoms with Crippen molar-refractivity contribution in [2.24, 2.45) is 5.41 Å². The van der Waals surface area contributed by atoms with E-state index in [1.54, 1.807) is 18.3 Å². The van der Waals surface area contributed by atoms with Gasteiger partial charge in [0.05, 0.1) is 9.20 Å². The van der Waals surface area contributed by atoms with Crippen molar-refractivity contribution >= 4 is 33.2 Å². The van der Waals surface area contributed by atoms with Crippen molar-refractivity contribution in [3.63, 3.8) is 0 Å². The number of nitrogens with zero attached hydrogens (tertiary/aromatic N) is 1. The first-order valence-corrected chi connectivity index (χ1v) is 6.36. The molecule has 2 heterocycles. The number of rotatable bonds is 3. The number of carboxylic acids is 1. The van der Waals surface area contributed by atoms with Gasteiger partial charge >= 0.3 is 5.97 Å². The second-order valence-corrected chi connectivity index (χ2v) is 6.46. The number of hydrogen-bond acceptors (Lipinski definition) is 3. The fraction of sp³-hybridized carbons (Fsp3) is 0.500. The molecular weight excluding hydrogens is 278 g/mol.